The maximum absolute atomic E-state index is 13.2. The summed E-state index contributed by atoms with van der Waals surface area (Å²) in [7, 11) is 0. The Kier molecular flexibility index (Phi) is 7.51. The number of hydroxylamine groups is 1. The van der Waals surface area contributed by atoms with Crippen molar-refractivity contribution in [3.63, 3.8) is 0 Å². The Hall–Kier alpha value is -3.93. The summed E-state index contributed by atoms with van der Waals surface area (Å²) < 4.78 is 39.6. The van der Waals surface area contributed by atoms with Gasteiger partial charge in [0.15, 0.2) is 0 Å². The highest BCUT2D eigenvalue weighted by atomic mass is 19.4. The minimum Gasteiger partial charge on any atom is -0.343 e. The third-order valence-electron chi connectivity index (χ3n) is 5.33. The lowest BCUT2D eigenvalue weighted by Crippen LogP contribution is -2.52. The van der Waals surface area contributed by atoms with Crippen LogP contribution in [-0.2, 0) is 11.0 Å². The minimum atomic E-state index is -4.65. The molecule has 0 bridgehead atoms. The van der Waals surface area contributed by atoms with Crippen LogP contribution in [0.4, 0.5) is 13.2 Å². The zero-order valence-electron chi connectivity index (χ0n) is 17.9. The Morgan fingerprint density at radius 1 is 0.912 bits per heavy atom. The molecule has 3 amide bonds. The smallest absolute Gasteiger partial charge is 0.343 e. The summed E-state index contributed by atoms with van der Waals surface area (Å²) in [6, 6.07) is 10.4. The van der Waals surface area contributed by atoms with E-state index in [4.69, 9.17) is 10.6 Å². The topological polar surface area (TPSA) is 126 Å². The number of benzene rings is 2. The Bertz CT molecular complexity index is 1080. The van der Waals surface area contributed by atoms with E-state index >= 15 is 0 Å². The Morgan fingerprint density at radius 3 is 2.06 bits per heavy atom. The number of hydrogen-bond acceptors (Lipinski definition) is 5. The van der Waals surface area contributed by atoms with Crippen LogP contribution in [0.5, 0.6) is 0 Å². The number of rotatable bonds is 5. The summed E-state index contributed by atoms with van der Waals surface area (Å²) in [5, 5.41) is 18.7. The molecule has 1 aliphatic rings. The fourth-order valence-electron chi connectivity index (χ4n) is 3.47. The van der Waals surface area contributed by atoms with Crippen molar-refractivity contribution in [2.24, 2.45) is 0 Å². The van der Waals surface area contributed by atoms with Gasteiger partial charge in [0.25, 0.3) is 11.8 Å². The first kappa shape index (κ1) is 24.7. The molecule has 3 rings (SSSR count). The zero-order chi connectivity index (χ0) is 24.9. The highest BCUT2D eigenvalue weighted by Gasteiger charge is 2.36. The molecule has 180 valence electrons. The van der Waals surface area contributed by atoms with Gasteiger partial charge >= 0.3 is 6.18 Å². The van der Waals surface area contributed by atoms with E-state index in [0.29, 0.717) is 5.56 Å². The molecule has 1 fully saturated rings. The molecule has 4 N–H and O–H groups in total. The van der Waals surface area contributed by atoms with Gasteiger partial charge in [0.2, 0.25) is 5.91 Å². The van der Waals surface area contributed by atoms with Crippen LogP contribution >= 0.6 is 0 Å². The van der Waals surface area contributed by atoms with Crippen molar-refractivity contribution in [2.45, 2.75) is 6.18 Å². The first-order valence-corrected chi connectivity index (χ1v) is 10.2. The van der Waals surface area contributed by atoms with Gasteiger partial charge in [-0.15, -0.1) is 0 Å². The molecule has 1 saturated heterocycles. The van der Waals surface area contributed by atoms with E-state index in [1.807, 2.05) is 0 Å². The van der Waals surface area contributed by atoms with Crippen molar-refractivity contribution in [1.82, 2.24) is 20.6 Å². The van der Waals surface area contributed by atoms with Crippen molar-refractivity contribution in [3.8, 4) is 0 Å². The maximum Gasteiger partial charge on any atom is 0.417 e. The Balaban J connectivity index is 1.52. The van der Waals surface area contributed by atoms with E-state index in [0.717, 1.165) is 12.1 Å². The molecule has 0 atom stereocenters. The highest BCUT2D eigenvalue weighted by Crippen LogP contribution is 2.32. The number of halogens is 3. The van der Waals surface area contributed by atoms with Crippen molar-refractivity contribution >= 4 is 23.6 Å². The SMILES string of the molecule is N=C(NO)c1ccc(C(=O)NCC(=O)N2CCN(C(=O)c3ccccc3C(F)(F)F)CC2)cc1. The van der Waals surface area contributed by atoms with E-state index < -0.39 is 29.1 Å². The number of carbonyl (C=O) groups excluding carboxylic acids is 3. The highest BCUT2D eigenvalue weighted by molar-refractivity contribution is 5.99. The summed E-state index contributed by atoms with van der Waals surface area (Å²) in [6.45, 7) is 0.0900. The van der Waals surface area contributed by atoms with Crippen molar-refractivity contribution < 1.29 is 32.8 Å². The molecule has 2 aromatic carbocycles. The van der Waals surface area contributed by atoms with E-state index in [1.54, 1.807) is 5.48 Å². The van der Waals surface area contributed by atoms with E-state index in [9.17, 15) is 27.6 Å². The van der Waals surface area contributed by atoms with Crippen LogP contribution in [0.25, 0.3) is 0 Å². The summed E-state index contributed by atoms with van der Waals surface area (Å²) in [5.41, 5.74) is 0.872. The number of nitrogens with zero attached hydrogens (tertiary/aromatic N) is 2. The normalized spacial score (nSPS) is 13.9. The summed E-state index contributed by atoms with van der Waals surface area (Å²) in [6.07, 6.45) is -4.65. The van der Waals surface area contributed by atoms with Gasteiger partial charge in [-0.05, 0) is 24.3 Å². The molecule has 0 aliphatic carbocycles. The van der Waals surface area contributed by atoms with E-state index in [1.165, 1.54) is 46.2 Å². The maximum atomic E-state index is 13.2. The van der Waals surface area contributed by atoms with Gasteiger partial charge in [-0.3, -0.25) is 30.5 Å². The average Bonchev–Trinajstić information content (AvgIpc) is 2.85. The lowest BCUT2D eigenvalue weighted by molar-refractivity contribution is -0.138. The molecule has 34 heavy (non-hydrogen) atoms. The van der Waals surface area contributed by atoms with Crippen molar-refractivity contribution in [2.75, 3.05) is 32.7 Å². The second-order valence-electron chi connectivity index (χ2n) is 7.46. The third kappa shape index (κ3) is 5.70. The van der Waals surface area contributed by atoms with Crippen LogP contribution in [0, 0.1) is 5.41 Å². The second-order valence-corrected chi connectivity index (χ2v) is 7.46. The fraction of sp³-hybridized carbons (Fsp3) is 0.273. The van der Waals surface area contributed by atoms with Gasteiger partial charge in [0, 0.05) is 37.3 Å². The molecular formula is C22H22F3N5O4. The van der Waals surface area contributed by atoms with Crippen LogP contribution in [-0.4, -0.2) is 71.3 Å². The van der Waals surface area contributed by atoms with Crippen LogP contribution in [0.15, 0.2) is 48.5 Å². The molecule has 1 heterocycles. The number of carbonyl (C=O) groups is 3. The van der Waals surface area contributed by atoms with Crippen LogP contribution in [0.1, 0.15) is 31.8 Å². The molecule has 1 aliphatic heterocycles. The molecule has 9 nitrogen and oxygen atoms in total. The average molecular weight is 477 g/mol. The Morgan fingerprint density at radius 2 is 1.47 bits per heavy atom. The van der Waals surface area contributed by atoms with Crippen LogP contribution < -0.4 is 10.8 Å². The minimum absolute atomic E-state index is 0.0665. The Labute approximate surface area is 192 Å². The number of amidine groups is 1. The zero-order valence-corrected chi connectivity index (χ0v) is 17.9. The second kappa shape index (κ2) is 10.3. The first-order chi connectivity index (χ1) is 16.1. The van der Waals surface area contributed by atoms with Gasteiger partial charge in [0.1, 0.15) is 5.84 Å². The van der Waals surface area contributed by atoms with Gasteiger partial charge in [-0.1, -0.05) is 24.3 Å². The molecule has 0 unspecified atom stereocenters. The summed E-state index contributed by atoms with van der Waals surface area (Å²) >= 11 is 0. The molecular weight excluding hydrogens is 455 g/mol. The largest absolute Gasteiger partial charge is 0.417 e. The first-order valence-electron chi connectivity index (χ1n) is 10.2. The lowest BCUT2D eigenvalue weighted by Gasteiger charge is -2.35. The molecule has 2 aromatic rings. The molecule has 0 aromatic heterocycles. The standard InChI is InChI=1S/C22H22F3N5O4/c23-22(24,25)17-4-2-1-3-16(17)21(33)30-11-9-29(10-12-30)18(31)13-27-20(32)15-7-5-14(6-8-15)19(26)28-34/h1-8,34H,9-13H2,(H2,26,28)(H,27,32). The predicted molar refractivity (Wildman–Crippen MR) is 114 cm³/mol. The van der Waals surface area contributed by atoms with E-state index in [-0.39, 0.29) is 50.0 Å². The number of amides is 3. The van der Waals surface area contributed by atoms with Gasteiger partial charge in [-0.25, -0.2) is 0 Å². The number of nitrogens with one attached hydrogen (secondary N) is 3. The monoisotopic (exact) mass is 477 g/mol. The van der Waals surface area contributed by atoms with Crippen molar-refractivity contribution in [3.05, 3.63) is 70.8 Å². The quantitative estimate of drug-likeness (QED) is 0.297. The molecule has 12 heteroatoms. The molecule has 0 saturated carbocycles. The van der Waals surface area contributed by atoms with Gasteiger partial charge < -0.3 is 15.1 Å². The third-order valence-corrected chi connectivity index (χ3v) is 5.33. The van der Waals surface area contributed by atoms with Crippen molar-refractivity contribution in [1.29, 1.82) is 5.41 Å². The van der Waals surface area contributed by atoms with Gasteiger partial charge in [-0.2, -0.15) is 13.2 Å². The molecule has 0 spiro atoms. The summed E-state index contributed by atoms with van der Waals surface area (Å²) in [5.74, 6) is -1.89. The van der Waals surface area contributed by atoms with E-state index in [2.05, 4.69) is 5.32 Å². The van der Waals surface area contributed by atoms with Crippen LogP contribution in [0.2, 0.25) is 0 Å². The number of alkyl halides is 3. The summed E-state index contributed by atoms with van der Waals surface area (Å²) in [4.78, 5) is 40.0. The van der Waals surface area contributed by atoms with Crippen LogP contribution in [0.3, 0.4) is 0 Å². The van der Waals surface area contributed by atoms with Gasteiger partial charge in [0.05, 0.1) is 17.7 Å². The fourth-order valence-corrected chi connectivity index (χ4v) is 3.47. The lowest BCUT2D eigenvalue weighted by atomic mass is 10.1. The number of piperazine rings is 1. The predicted octanol–water partition coefficient (Wildman–Crippen LogP) is 1.72. The molecule has 0 radical (unpaired) electrons. The number of hydrogen-bond donors (Lipinski definition) is 4.